The van der Waals surface area contributed by atoms with Crippen LogP contribution in [0, 0.1) is 13.8 Å². The van der Waals surface area contributed by atoms with E-state index >= 15 is 0 Å². The molecule has 6 heteroatoms. The zero-order chi connectivity index (χ0) is 17.8. The fourth-order valence-corrected chi connectivity index (χ4v) is 2.70. The van der Waals surface area contributed by atoms with E-state index in [1.807, 2.05) is 50.2 Å². The molecular weight excluding hydrogens is 338 g/mol. The van der Waals surface area contributed by atoms with Gasteiger partial charge in [0.15, 0.2) is 0 Å². The fourth-order valence-electron chi connectivity index (χ4n) is 2.48. The van der Waals surface area contributed by atoms with Crippen molar-refractivity contribution < 1.29 is 9.32 Å². The van der Waals surface area contributed by atoms with Crippen molar-refractivity contribution in [1.29, 1.82) is 0 Å². The first-order chi connectivity index (χ1) is 12.0. The maximum absolute atomic E-state index is 12.2. The Bertz CT molecular complexity index is 905. The lowest BCUT2D eigenvalue weighted by atomic mass is 10.0. The van der Waals surface area contributed by atoms with E-state index in [4.69, 9.17) is 16.1 Å². The standard InChI is InChI=1S/C19H18ClN3O2/c1-12-7-8-13(2)14(9-12)10-17(24)21-11-18-22-19(23-25-18)15-5-3-4-6-16(15)20/h3-9H,10-11H2,1-2H3,(H,21,24). The number of rotatable bonds is 5. The molecule has 0 atom stereocenters. The maximum atomic E-state index is 12.2. The first kappa shape index (κ1) is 17.2. The number of nitrogens with zero attached hydrogens (tertiary/aromatic N) is 2. The molecule has 0 fully saturated rings. The number of hydrogen-bond donors (Lipinski definition) is 1. The average Bonchev–Trinajstić information content (AvgIpc) is 3.05. The number of halogens is 1. The maximum Gasteiger partial charge on any atom is 0.246 e. The summed E-state index contributed by atoms with van der Waals surface area (Å²) in [5.74, 6) is 0.653. The van der Waals surface area contributed by atoms with Crippen molar-refractivity contribution in [2.24, 2.45) is 0 Å². The Morgan fingerprint density at radius 3 is 2.80 bits per heavy atom. The van der Waals surface area contributed by atoms with E-state index in [1.165, 1.54) is 0 Å². The summed E-state index contributed by atoms with van der Waals surface area (Å²) in [6, 6.07) is 13.3. The van der Waals surface area contributed by atoms with E-state index in [-0.39, 0.29) is 12.5 Å². The van der Waals surface area contributed by atoms with Crippen LogP contribution in [0.15, 0.2) is 47.0 Å². The lowest BCUT2D eigenvalue weighted by Crippen LogP contribution is -2.25. The van der Waals surface area contributed by atoms with Gasteiger partial charge in [-0.1, -0.05) is 52.7 Å². The minimum Gasteiger partial charge on any atom is -0.347 e. The predicted molar refractivity (Wildman–Crippen MR) is 96.2 cm³/mol. The molecule has 3 aromatic rings. The number of nitrogens with one attached hydrogen (secondary N) is 1. The van der Waals surface area contributed by atoms with Gasteiger partial charge in [-0.15, -0.1) is 0 Å². The van der Waals surface area contributed by atoms with Gasteiger partial charge in [0, 0.05) is 5.56 Å². The molecule has 0 aliphatic carbocycles. The van der Waals surface area contributed by atoms with E-state index in [9.17, 15) is 4.79 Å². The number of carbonyl (C=O) groups excluding carboxylic acids is 1. The number of amides is 1. The van der Waals surface area contributed by atoms with Crippen molar-refractivity contribution in [3.8, 4) is 11.4 Å². The molecule has 2 aromatic carbocycles. The Hall–Kier alpha value is -2.66. The van der Waals surface area contributed by atoms with Gasteiger partial charge in [0.1, 0.15) is 0 Å². The van der Waals surface area contributed by atoms with E-state index in [2.05, 4.69) is 15.5 Å². The fraction of sp³-hybridized carbons (Fsp3) is 0.211. The van der Waals surface area contributed by atoms with Gasteiger partial charge < -0.3 is 9.84 Å². The molecule has 0 aliphatic heterocycles. The number of benzene rings is 2. The molecule has 0 unspecified atom stereocenters. The van der Waals surface area contributed by atoms with Crippen LogP contribution in [-0.4, -0.2) is 16.0 Å². The average molecular weight is 356 g/mol. The number of aromatic nitrogens is 2. The van der Waals surface area contributed by atoms with Crippen LogP contribution in [0.5, 0.6) is 0 Å². The summed E-state index contributed by atoms with van der Waals surface area (Å²) in [5, 5.41) is 7.27. The molecule has 1 N–H and O–H groups in total. The summed E-state index contributed by atoms with van der Waals surface area (Å²) in [6.07, 6.45) is 0.318. The predicted octanol–water partition coefficient (Wildman–Crippen LogP) is 3.87. The highest BCUT2D eigenvalue weighted by atomic mass is 35.5. The van der Waals surface area contributed by atoms with E-state index < -0.39 is 0 Å². The third-order valence-corrected chi connectivity index (χ3v) is 4.20. The van der Waals surface area contributed by atoms with E-state index in [1.54, 1.807) is 6.07 Å². The van der Waals surface area contributed by atoms with Gasteiger partial charge in [0.05, 0.1) is 18.0 Å². The number of carbonyl (C=O) groups is 1. The van der Waals surface area contributed by atoms with Gasteiger partial charge in [-0.05, 0) is 37.1 Å². The Morgan fingerprint density at radius 2 is 2.00 bits per heavy atom. The molecule has 0 bridgehead atoms. The second-order valence-corrected chi connectivity index (χ2v) is 6.28. The van der Waals surface area contributed by atoms with Crippen LogP contribution >= 0.6 is 11.6 Å². The largest absolute Gasteiger partial charge is 0.347 e. The molecule has 1 heterocycles. The summed E-state index contributed by atoms with van der Waals surface area (Å²) < 4.78 is 5.18. The normalized spacial score (nSPS) is 10.7. The molecular formula is C19H18ClN3O2. The van der Waals surface area contributed by atoms with Gasteiger partial charge in [0.2, 0.25) is 17.6 Å². The molecule has 5 nitrogen and oxygen atoms in total. The van der Waals surface area contributed by atoms with Gasteiger partial charge in [0.25, 0.3) is 0 Å². The van der Waals surface area contributed by atoms with Gasteiger partial charge in [-0.2, -0.15) is 4.98 Å². The molecule has 128 valence electrons. The Balaban J connectivity index is 1.61. The number of aryl methyl sites for hydroxylation is 2. The molecule has 0 radical (unpaired) electrons. The highest BCUT2D eigenvalue weighted by Gasteiger charge is 2.13. The molecule has 0 spiro atoms. The van der Waals surface area contributed by atoms with Crippen LogP contribution in [0.3, 0.4) is 0 Å². The highest BCUT2D eigenvalue weighted by Crippen LogP contribution is 2.24. The van der Waals surface area contributed by atoms with Crippen LogP contribution in [0.2, 0.25) is 5.02 Å². The minimum absolute atomic E-state index is 0.0915. The lowest BCUT2D eigenvalue weighted by Gasteiger charge is -2.07. The van der Waals surface area contributed by atoms with Crippen LogP contribution in [0.25, 0.3) is 11.4 Å². The second kappa shape index (κ2) is 7.49. The van der Waals surface area contributed by atoms with Crippen LogP contribution in [-0.2, 0) is 17.8 Å². The summed E-state index contributed by atoms with van der Waals surface area (Å²) >= 11 is 6.12. The molecule has 0 aliphatic rings. The second-order valence-electron chi connectivity index (χ2n) is 5.88. The van der Waals surface area contributed by atoms with E-state index in [0.29, 0.717) is 28.7 Å². The van der Waals surface area contributed by atoms with Crippen molar-refractivity contribution in [1.82, 2.24) is 15.5 Å². The Kier molecular flexibility index (Phi) is 5.14. The lowest BCUT2D eigenvalue weighted by molar-refractivity contribution is -0.120. The minimum atomic E-state index is -0.0915. The zero-order valence-corrected chi connectivity index (χ0v) is 14.8. The summed E-state index contributed by atoms with van der Waals surface area (Å²) in [7, 11) is 0. The van der Waals surface area contributed by atoms with Crippen molar-refractivity contribution in [3.63, 3.8) is 0 Å². The quantitative estimate of drug-likeness (QED) is 0.754. The number of hydrogen-bond acceptors (Lipinski definition) is 4. The van der Waals surface area contributed by atoms with Crippen molar-refractivity contribution in [2.75, 3.05) is 0 Å². The summed E-state index contributed by atoms with van der Waals surface area (Å²) in [4.78, 5) is 16.4. The van der Waals surface area contributed by atoms with Gasteiger partial charge >= 0.3 is 0 Å². The molecule has 3 rings (SSSR count). The van der Waals surface area contributed by atoms with Crippen LogP contribution in [0.4, 0.5) is 0 Å². The van der Waals surface area contributed by atoms with Crippen molar-refractivity contribution >= 4 is 17.5 Å². The molecule has 25 heavy (non-hydrogen) atoms. The van der Waals surface area contributed by atoms with Crippen molar-refractivity contribution in [2.45, 2.75) is 26.8 Å². The van der Waals surface area contributed by atoms with E-state index in [0.717, 1.165) is 16.7 Å². The first-order valence-corrected chi connectivity index (χ1v) is 8.31. The van der Waals surface area contributed by atoms with Gasteiger partial charge in [-0.25, -0.2) is 0 Å². The molecule has 1 aromatic heterocycles. The zero-order valence-electron chi connectivity index (χ0n) is 14.0. The molecule has 1 amide bonds. The van der Waals surface area contributed by atoms with Gasteiger partial charge in [-0.3, -0.25) is 4.79 Å². The van der Waals surface area contributed by atoms with Crippen LogP contribution in [0.1, 0.15) is 22.6 Å². The topological polar surface area (TPSA) is 68.0 Å². The van der Waals surface area contributed by atoms with Crippen molar-refractivity contribution in [3.05, 3.63) is 70.1 Å². The Labute approximate surface area is 151 Å². The summed E-state index contributed by atoms with van der Waals surface area (Å²) in [6.45, 7) is 4.19. The third-order valence-electron chi connectivity index (χ3n) is 3.88. The monoisotopic (exact) mass is 355 g/mol. The SMILES string of the molecule is Cc1ccc(C)c(CC(=O)NCc2nc(-c3ccccc3Cl)no2)c1. The highest BCUT2D eigenvalue weighted by molar-refractivity contribution is 6.33. The summed E-state index contributed by atoms with van der Waals surface area (Å²) in [5.41, 5.74) is 3.94. The first-order valence-electron chi connectivity index (χ1n) is 7.93. The Morgan fingerprint density at radius 1 is 1.20 bits per heavy atom. The third kappa shape index (κ3) is 4.25. The molecule has 0 saturated heterocycles. The molecule has 0 saturated carbocycles. The van der Waals surface area contributed by atoms with Crippen LogP contribution < -0.4 is 5.32 Å². The smallest absolute Gasteiger partial charge is 0.246 e.